The van der Waals surface area contributed by atoms with E-state index in [1.807, 2.05) is 19.1 Å². The van der Waals surface area contributed by atoms with Crippen LogP contribution in [0, 0.1) is 19.7 Å². The van der Waals surface area contributed by atoms with Crippen LogP contribution in [0.3, 0.4) is 0 Å². The second-order valence-corrected chi connectivity index (χ2v) is 9.03. The third kappa shape index (κ3) is 3.56. The van der Waals surface area contributed by atoms with E-state index in [1.54, 1.807) is 6.92 Å². The lowest BCUT2D eigenvalue weighted by Crippen LogP contribution is -2.22. The SMILES string of the molecule is Cc1sc(NC(=O)c2c[nH]c3c(C)cc(F)cc3c2=O)nc1-c1ccc2c(c1)CCCO2. The van der Waals surface area contributed by atoms with E-state index in [-0.39, 0.29) is 10.9 Å². The number of H-pyrrole nitrogens is 1. The molecule has 0 fully saturated rings. The maximum atomic E-state index is 13.8. The molecule has 2 aromatic heterocycles. The molecule has 0 spiro atoms. The zero-order valence-corrected chi connectivity index (χ0v) is 18.4. The number of rotatable bonds is 3. The molecule has 1 amide bonds. The minimum atomic E-state index is -0.589. The number of thiazole rings is 1. The summed E-state index contributed by atoms with van der Waals surface area (Å²) >= 11 is 1.34. The molecule has 0 radical (unpaired) electrons. The van der Waals surface area contributed by atoms with Crippen molar-refractivity contribution in [3.63, 3.8) is 0 Å². The number of nitrogens with one attached hydrogen (secondary N) is 2. The Morgan fingerprint density at radius 3 is 2.94 bits per heavy atom. The quantitative estimate of drug-likeness (QED) is 0.462. The van der Waals surface area contributed by atoms with Crippen molar-refractivity contribution in [3.05, 3.63) is 74.1 Å². The number of nitrogens with zero attached hydrogens (tertiary/aromatic N) is 1. The van der Waals surface area contributed by atoms with Gasteiger partial charge in [0.15, 0.2) is 5.13 Å². The molecule has 0 saturated heterocycles. The Morgan fingerprint density at radius 2 is 2.09 bits per heavy atom. The Morgan fingerprint density at radius 1 is 1.25 bits per heavy atom. The molecule has 1 aliphatic rings. The average molecular weight is 450 g/mol. The molecule has 0 atom stereocenters. The van der Waals surface area contributed by atoms with Gasteiger partial charge in [-0.2, -0.15) is 0 Å². The number of anilines is 1. The molecule has 1 aliphatic heterocycles. The summed E-state index contributed by atoms with van der Waals surface area (Å²) in [6.45, 7) is 4.37. The molecule has 5 rings (SSSR count). The number of hydrogen-bond donors (Lipinski definition) is 2. The number of aromatic amines is 1. The predicted molar refractivity (Wildman–Crippen MR) is 123 cm³/mol. The van der Waals surface area contributed by atoms with Crippen molar-refractivity contribution >= 4 is 33.3 Å². The second kappa shape index (κ2) is 7.87. The first-order valence-corrected chi connectivity index (χ1v) is 11.1. The van der Waals surface area contributed by atoms with Gasteiger partial charge < -0.3 is 9.72 Å². The monoisotopic (exact) mass is 449 g/mol. The number of ether oxygens (including phenoxy) is 1. The van der Waals surface area contributed by atoms with Crippen LogP contribution in [0.15, 0.2) is 41.3 Å². The lowest BCUT2D eigenvalue weighted by atomic mass is 10.0. The summed E-state index contributed by atoms with van der Waals surface area (Å²) in [6, 6.07) is 8.47. The molecule has 2 aromatic carbocycles. The van der Waals surface area contributed by atoms with E-state index >= 15 is 0 Å². The summed E-state index contributed by atoms with van der Waals surface area (Å²) in [7, 11) is 0. The highest BCUT2D eigenvalue weighted by atomic mass is 32.1. The van der Waals surface area contributed by atoms with Gasteiger partial charge in [0.25, 0.3) is 5.91 Å². The van der Waals surface area contributed by atoms with E-state index in [0.29, 0.717) is 16.2 Å². The number of carbonyl (C=O) groups is 1. The van der Waals surface area contributed by atoms with Crippen LogP contribution in [-0.2, 0) is 6.42 Å². The normalized spacial score (nSPS) is 13.0. The molecule has 3 heterocycles. The van der Waals surface area contributed by atoms with E-state index in [0.717, 1.165) is 53.0 Å². The fourth-order valence-electron chi connectivity index (χ4n) is 4.03. The van der Waals surface area contributed by atoms with Gasteiger partial charge in [-0.15, -0.1) is 11.3 Å². The Kier molecular flexibility index (Phi) is 5.01. The van der Waals surface area contributed by atoms with Crippen LogP contribution in [0.4, 0.5) is 9.52 Å². The smallest absolute Gasteiger partial charge is 0.262 e. The Hall–Kier alpha value is -3.52. The molecule has 4 aromatic rings. The first-order chi connectivity index (χ1) is 15.4. The van der Waals surface area contributed by atoms with Crippen molar-refractivity contribution in [1.29, 1.82) is 0 Å². The van der Waals surface area contributed by atoms with Crippen molar-refractivity contribution in [2.75, 3.05) is 11.9 Å². The number of benzene rings is 2. The van der Waals surface area contributed by atoms with Crippen LogP contribution < -0.4 is 15.5 Å². The average Bonchev–Trinajstić information content (AvgIpc) is 3.13. The lowest BCUT2D eigenvalue weighted by Gasteiger charge is -2.17. The molecular weight excluding hydrogens is 429 g/mol. The van der Waals surface area contributed by atoms with Crippen molar-refractivity contribution < 1.29 is 13.9 Å². The van der Waals surface area contributed by atoms with Crippen LogP contribution in [0.2, 0.25) is 0 Å². The van der Waals surface area contributed by atoms with Crippen molar-refractivity contribution in [2.24, 2.45) is 0 Å². The van der Waals surface area contributed by atoms with Crippen molar-refractivity contribution in [3.8, 4) is 17.0 Å². The highest BCUT2D eigenvalue weighted by Crippen LogP contribution is 2.34. The number of aromatic nitrogens is 2. The molecular formula is C24H20FN3O3S. The minimum absolute atomic E-state index is 0.0946. The van der Waals surface area contributed by atoms with Gasteiger partial charge in [-0.3, -0.25) is 14.9 Å². The van der Waals surface area contributed by atoms with Gasteiger partial charge in [0, 0.05) is 22.0 Å². The summed E-state index contributed by atoms with van der Waals surface area (Å²) in [5.41, 5.74) is 3.38. The standard InChI is InChI=1S/C24H20FN3O3S/c1-12-8-16(25)10-17-20(12)26-11-18(22(17)29)23(30)28-24-27-21(13(2)32-24)15-5-6-19-14(9-15)4-3-7-31-19/h5-6,8-11H,3-4,7H2,1-2H3,(H,26,29)(H,27,28,30). The summed E-state index contributed by atoms with van der Waals surface area (Å²) in [4.78, 5) is 34.1. The Labute approximate surface area is 187 Å². The zero-order valence-electron chi connectivity index (χ0n) is 17.5. The van der Waals surface area contributed by atoms with Crippen LogP contribution in [0.5, 0.6) is 5.75 Å². The van der Waals surface area contributed by atoms with Crippen LogP contribution in [0.25, 0.3) is 22.2 Å². The number of halogens is 1. The number of pyridine rings is 1. The summed E-state index contributed by atoms with van der Waals surface area (Å²) in [5.74, 6) is -0.202. The maximum absolute atomic E-state index is 13.8. The third-order valence-corrected chi connectivity index (χ3v) is 6.48. The molecule has 6 nitrogen and oxygen atoms in total. The van der Waals surface area contributed by atoms with Crippen molar-refractivity contribution in [2.45, 2.75) is 26.7 Å². The van der Waals surface area contributed by atoms with E-state index in [9.17, 15) is 14.0 Å². The van der Waals surface area contributed by atoms with Gasteiger partial charge in [0.2, 0.25) is 5.43 Å². The Bertz CT molecular complexity index is 1440. The van der Waals surface area contributed by atoms with Gasteiger partial charge in [0.1, 0.15) is 17.1 Å². The second-order valence-electron chi connectivity index (χ2n) is 7.83. The zero-order chi connectivity index (χ0) is 22.4. The van der Waals surface area contributed by atoms with Crippen LogP contribution >= 0.6 is 11.3 Å². The first kappa shape index (κ1) is 20.4. The van der Waals surface area contributed by atoms with E-state index in [1.165, 1.54) is 23.6 Å². The number of hydrogen-bond acceptors (Lipinski definition) is 5. The summed E-state index contributed by atoms with van der Waals surface area (Å²) in [6.07, 6.45) is 3.30. The lowest BCUT2D eigenvalue weighted by molar-refractivity contribution is 0.102. The van der Waals surface area contributed by atoms with E-state index < -0.39 is 17.2 Å². The molecule has 0 unspecified atom stereocenters. The molecule has 8 heteroatoms. The largest absolute Gasteiger partial charge is 0.493 e. The highest BCUT2D eigenvalue weighted by molar-refractivity contribution is 7.16. The highest BCUT2D eigenvalue weighted by Gasteiger charge is 2.19. The number of fused-ring (bicyclic) bond motifs is 2. The van der Waals surface area contributed by atoms with Gasteiger partial charge in [-0.25, -0.2) is 9.37 Å². The fraction of sp³-hybridized carbons (Fsp3) is 0.208. The first-order valence-electron chi connectivity index (χ1n) is 10.3. The summed E-state index contributed by atoms with van der Waals surface area (Å²) < 4.78 is 19.5. The Balaban J connectivity index is 1.45. The number of amides is 1. The minimum Gasteiger partial charge on any atom is -0.493 e. The van der Waals surface area contributed by atoms with E-state index in [2.05, 4.69) is 21.4 Å². The maximum Gasteiger partial charge on any atom is 0.262 e. The van der Waals surface area contributed by atoms with Gasteiger partial charge in [-0.1, -0.05) is 0 Å². The molecule has 162 valence electrons. The molecule has 0 bridgehead atoms. The molecule has 0 aliphatic carbocycles. The van der Waals surface area contributed by atoms with Gasteiger partial charge in [-0.05, 0) is 68.1 Å². The summed E-state index contributed by atoms with van der Waals surface area (Å²) in [5, 5.41) is 3.25. The number of carbonyl (C=O) groups excluding carboxylic acids is 1. The van der Waals surface area contributed by atoms with E-state index in [4.69, 9.17) is 4.74 Å². The predicted octanol–water partition coefficient (Wildman–Crippen LogP) is 4.98. The van der Waals surface area contributed by atoms with Crippen molar-refractivity contribution in [1.82, 2.24) is 9.97 Å². The molecule has 2 N–H and O–H groups in total. The topological polar surface area (TPSA) is 84.1 Å². The van der Waals surface area contributed by atoms with Crippen LogP contribution in [-0.4, -0.2) is 22.5 Å². The van der Waals surface area contributed by atoms with Crippen LogP contribution in [0.1, 0.15) is 32.8 Å². The number of aryl methyl sites for hydroxylation is 3. The van der Waals surface area contributed by atoms with Gasteiger partial charge >= 0.3 is 0 Å². The fourth-order valence-corrected chi connectivity index (χ4v) is 4.86. The third-order valence-electron chi connectivity index (χ3n) is 5.59. The molecule has 32 heavy (non-hydrogen) atoms. The van der Waals surface area contributed by atoms with Gasteiger partial charge in [0.05, 0.1) is 17.8 Å². The molecule has 0 saturated carbocycles.